The summed E-state index contributed by atoms with van der Waals surface area (Å²) in [7, 11) is 1.88. The molecular formula is C18H24FN5OS. The van der Waals surface area contributed by atoms with E-state index in [1.807, 2.05) is 18.9 Å². The fourth-order valence-corrected chi connectivity index (χ4v) is 4.17. The summed E-state index contributed by atoms with van der Waals surface area (Å²) in [5, 5.41) is 8.33. The largest absolute Gasteiger partial charge is 0.342 e. The van der Waals surface area contributed by atoms with Crippen molar-refractivity contribution in [3.8, 4) is 11.4 Å². The topological polar surface area (TPSA) is 77.0 Å². The number of benzene rings is 1. The van der Waals surface area contributed by atoms with Gasteiger partial charge in [0.25, 0.3) is 0 Å². The van der Waals surface area contributed by atoms with Crippen LogP contribution < -0.4 is 5.84 Å². The van der Waals surface area contributed by atoms with Gasteiger partial charge in [-0.3, -0.25) is 4.79 Å². The van der Waals surface area contributed by atoms with E-state index < -0.39 is 0 Å². The van der Waals surface area contributed by atoms with Crippen LogP contribution in [-0.4, -0.2) is 44.0 Å². The molecule has 2 N–H and O–H groups in total. The van der Waals surface area contributed by atoms with Gasteiger partial charge in [0.05, 0.1) is 5.25 Å². The van der Waals surface area contributed by atoms with E-state index in [2.05, 4.69) is 10.2 Å². The Morgan fingerprint density at radius 3 is 2.58 bits per heavy atom. The second-order valence-corrected chi connectivity index (χ2v) is 7.99. The van der Waals surface area contributed by atoms with Crippen LogP contribution in [-0.2, 0) is 4.79 Å². The van der Waals surface area contributed by atoms with Crippen molar-refractivity contribution < 1.29 is 9.18 Å². The zero-order valence-electron chi connectivity index (χ0n) is 15.1. The Kier molecular flexibility index (Phi) is 5.80. The number of nitrogen functional groups attached to an aromatic ring is 1. The number of aromatic nitrogens is 3. The normalized spacial score (nSPS) is 16.4. The zero-order chi connectivity index (χ0) is 18.7. The molecule has 0 spiro atoms. The minimum Gasteiger partial charge on any atom is -0.342 e. The molecule has 6 nitrogen and oxygen atoms in total. The lowest BCUT2D eigenvalue weighted by Gasteiger charge is -2.32. The lowest BCUT2D eigenvalue weighted by atomic mass is 9.94. The van der Waals surface area contributed by atoms with Gasteiger partial charge in [-0.15, -0.1) is 10.2 Å². The second kappa shape index (κ2) is 8.07. The van der Waals surface area contributed by atoms with E-state index in [9.17, 15) is 9.18 Å². The van der Waals surface area contributed by atoms with E-state index in [-0.39, 0.29) is 17.0 Å². The lowest BCUT2D eigenvalue weighted by Crippen LogP contribution is -2.42. The molecule has 0 radical (unpaired) electrons. The number of rotatable bonds is 5. The van der Waals surface area contributed by atoms with E-state index in [0.717, 1.165) is 12.8 Å². The molecule has 1 fully saturated rings. The van der Waals surface area contributed by atoms with Gasteiger partial charge in [0.1, 0.15) is 5.82 Å². The van der Waals surface area contributed by atoms with Gasteiger partial charge < -0.3 is 10.7 Å². The highest BCUT2D eigenvalue weighted by Gasteiger charge is 2.27. The molecule has 8 heteroatoms. The van der Waals surface area contributed by atoms with E-state index >= 15 is 0 Å². The van der Waals surface area contributed by atoms with Crippen LogP contribution in [0.4, 0.5) is 4.39 Å². The number of hydrogen-bond donors (Lipinski definition) is 1. The minimum absolute atomic E-state index is 0.0771. The number of hydrogen-bond acceptors (Lipinski definition) is 5. The highest BCUT2D eigenvalue weighted by atomic mass is 32.2. The number of thioether (sulfide) groups is 1. The quantitative estimate of drug-likeness (QED) is 0.640. The van der Waals surface area contributed by atoms with Crippen LogP contribution >= 0.6 is 11.8 Å². The van der Waals surface area contributed by atoms with Crippen molar-refractivity contribution in [2.75, 3.05) is 12.9 Å². The Morgan fingerprint density at radius 2 is 1.92 bits per heavy atom. The predicted octanol–water partition coefficient (Wildman–Crippen LogP) is 3.07. The number of amides is 1. The third kappa shape index (κ3) is 4.00. The van der Waals surface area contributed by atoms with Gasteiger partial charge in [0, 0.05) is 18.7 Å². The van der Waals surface area contributed by atoms with Crippen molar-refractivity contribution in [2.45, 2.75) is 55.5 Å². The number of nitrogens with zero attached hydrogens (tertiary/aromatic N) is 4. The molecule has 1 saturated carbocycles. The number of carbonyl (C=O) groups excluding carboxylic acids is 1. The van der Waals surface area contributed by atoms with Gasteiger partial charge in [-0.05, 0) is 44.0 Å². The molecule has 2 aromatic rings. The second-order valence-electron chi connectivity index (χ2n) is 6.68. The average molecular weight is 377 g/mol. The molecular weight excluding hydrogens is 353 g/mol. The monoisotopic (exact) mass is 377 g/mol. The van der Waals surface area contributed by atoms with E-state index in [4.69, 9.17) is 5.84 Å². The van der Waals surface area contributed by atoms with Crippen LogP contribution in [0, 0.1) is 5.82 Å². The van der Waals surface area contributed by atoms with Crippen LogP contribution in [0.25, 0.3) is 11.4 Å². The van der Waals surface area contributed by atoms with Gasteiger partial charge in [-0.1, -0.05) is 31.0 Å². The van der Waals surface area contributed by atoms with Crippen LogP contribution in [0.5, 0.6) is 0 Å². The first-order chi connectivity index (χ1) is 12.5. The van der Waals surface area contributed by atoms with E-state index in [1.165, 1.54) is 47.8 Å². The molecule has 1 aliphatic rings. The van der Waals surface area contributed by atoms with Gasteiger partial charge in [0.15, 0.2) is 5.82 Å². The summed E-state index contributed by atoms with van der Waals surface area (Å²) in [6.45, 7) is 1.86. The van der Waals surface area contributed by atoms with Gasteiger partial charge in [0.2, 0.25) is 11.1 Å². The smallest absolute Gasteiger partial charge is 0.235 e. The molecule has 0 bridgehead atoms. The maximum absolute atomic E-state index is 13.1. The first kappa shape index (κ1) is 18.7. The van der Waals surface area contributed by atoms with Crippen molar-refractivity contribution in [2.24, 2.45) is 0 Å². The molecule has 1 unspecified atom stereocenters. The van der Waals surface area contributed by atoms with Gasteiger partial charge in [-0.25, -0.2) is 9.07 Å². The highest BCUT2D eigenvalue weighted by molar-refractivity contribution is 8.00. The summed E-state index contributed by atoms with van der Waals surface area (Å²) in [5.74, 6) is 6.28. The molecule has 1 aromatic heterocycles. The third-order valence-corrected chi connectivity index (χ3v) is 5.91. The zero-order valence-corrected chi connectivity index (χ0v) is 15.9. The van der Waals surface area contributed by atoms with Crippen molar-refractivity contribution >= 4 is 17.7 Å². The average Bonchev–Trinajstić information content (AvgIpc) is 3.02. The van der Waals surface area contributed by atoms with Crippen molar-refractivity contribution in [1.82, 2.24) is 19.8 Å². The first-order valence-corrected chi connectivity index (χ1v) is 9.75. The van der Waals surface area contributed by atoms with Crippen molar-refractivity contribution in [3.63, 3.8) is 0 Å². The molecule has 3 rings (SSSR count). The Hall–Kier alpha value is -2.09. The maximum Gasteiger partial charge on any atom is 0.235 e. The summed E-state index contributed by atoms with van der Waals surface area (Å²) in [6.07, 6.45) is 5.76. The fourth-order valence-electron chi connectivity index (χ4n) is 3.30. The molecule has 26 heavy (non-hydrogen) atoms. The standard InChI is InChI=1S/C18H24FN5OS/c1-12(17(25)23(2)15-6-4-3-5-7-15)26-18-22-21-16(24(18)20)13-8-10-14(19)11-9-13/h8-12,15H,3-7,20H2,1-2H3. The number of halogens is 1. The molecule has 0 aliphatic heterocycles. The fraction of sp³-hybridized carbons (Fsp3) is 0.500. The van der Waals surface area contributed by atoms with E-state index in [0.29, 0.717) is 22.6 Å². The number of nitrogens with two attached hydrogens (primary N) is 1. The molecule has 1 heterocycles. The molecule has 1 aliphatic carbocycles. The minimum atomic E-state index is -0.323. The van der Waals surface area contributed by atoms with Gasteiger partial charge in [-0.2, -0.15) is 0 Å². The lowest BCUT2D eigenvalue weighted by molar-refractivity contribution is -0.131. The van der Waals surface area contributed by atoms with Crippen molar-refractivity contribution in [3.05, 3.63) is 30.1 Å². The molecule has 0 saturated heterocycles. The summed E-state index contributed by atoms with van der Waals surface area (Å²) >= 11 is 1.29. The van der Waals surface area contributed by atoms with Crippen LogP contribution in [0.1, 0.15) is 39.0 Å². The first-order valence-electron chi connectivity index (χ1n) is 8.87. The SMILES string of the molecule is CC(Sc1nnc(-c2ccc(F)cc2)n1N)C(=O)N(C)C1CCCCC1. The summed E-state index contributed by atoms with van der Waals surface area (Å²) in [4.78, 5) is 14.6. The summed E-state index contributed by atoms with van der Waals surface area (Å²) in [5.41, 5.74) is 0.673. The Bertz CT molecular complexity index is 757. The highest BCUT2D eigenvalue weighted by Crippen LogP contribution is 2.28. The van der Waals surface area contributed by atoms with Gasteiger partial charge >= 0.3 is 0 Å². The predicted molar refractivity (Wildman–Crippen MR) is 101 cm³/mol. The molecule has 1 atom stereocenters. The van der Waals surface area contributed by atoms with Crippen LogP contribution in [0.3, 0.4) is 0 Å². The Balaban J connectivity index is 1.68. The summed E-state index contributed by atoms with van der Waals surface area (Å²) in [6, 6.07) is 6.22. The molecule has 140 valence electrons. The summed E-state index contributed by atoms with van der Waals surface area (Å²) < 4.78 is 14.4. The van der Waals surface area contributed by atoms with E-state index in [1.54, 1.807) is 12.1 Å². The van der Waals surface area contributed by atoms with Crippen LogP contribution in [0.2, 0.25) is 0 Å². The molecule has 1 aromatic carbocycles. The third-order valence-electron chi connectivity index (χ3n) is 4.87. The number of carbonyl (C=O) groups is 1. The maximum atomic E-state index is 13.1. The Labute approximate surface area is 156 Å². The van der Waals surface area contributed by atoms with Crippen LogP contribution in [0.15, 0.2) is 29.4 Å². The Morgan fingerprint density at radius 1 is 1.27 bits per heavy atom. The molecule has 1 amide bonds. The van der Waals surface area contributed by atoms with Crippen molar-refractivity contribution in [1.29, 1.82) is 0 Å².